The van der Waals surface area contributed by atoms with Crippen LogP contribution in [0, 0.1) is 34.5 Å². The molecule has 77 heavy (non-hydrogen) atoms. The molecule has 8 fully saturated rings. The molecule has 7 N–H and O–H groups in total. The Bertz CT molecular complexity index is 1980. The molecule has 444 valence electrons. The lowest BCUT2D eigenvalue weighted by atomic mass is 9.42. The maximum atomic E-state index is 13.1. The molecule has 4 saturated heterocycles. The fourth-order valence-electron chi connectivity index (χ4n) is 15.4. The van der Waals surface area contributed by atoms with Crippen LogP contribution >= 0.6 is 0 Å². The van der Waals surface area contributed by atoms with E-state index < -0.39 is 158 Å². The van der Waals surface area contributed by atoms with Crippen molar-refractivity contribution < 1.29 is 107 Å². The molecular weight excluding hydrogens is 1010 g/mol. The van der Waals surface area contributed by atoms with Crippen LogP contribution in [-0.4, -0.2) is 216 Å². The van der Waals surface area contributed by atoms with Gasteiger partial charge in [0.2, 0.25) is 0 Å². The molecule has 4 aliphatic carbocycles. The van der Waals surface area contributed by atoms with Crippen LogP contribution in [0.5, 0.6) is 0 Å². The Labute approximate surface area is 453 Å². The molecule has 3 unspecified atom stereocenters. The minimum absolute atomic E-state index is 0.00134. The van der Waals surface area contributed by atoms with E-state index in [0.717, 1.165) is 32.1 Å². The molecule has 0 radical (unpaired) electrons. The van der Waals surface area contributed by atoms with E-state index in [1.165, 1.54) is 14.0 Å². The summed E-state index contributed by atoms with van der Waals surface area (Å²) in [5.41, 5.74) is -4.51. The van der Waals surface area contributed by atoms with Crippen molar-refractivity contribution >= 4 is 11.9 Å². The van der Waals surface area contributed by atoms with E-state index in [9.17, 15) is 45.3 Å². The van der Waals surface area contributed by atoms with Crippen LogP contribution in [-0.2, 0) is 71.2 Å². The molecule has 22 heteroatoms. The Balaban J connectivity index is 0.859. The molecule has 4 heterocycles. The van der Waals surface area contributed by atoms with Crippen LogP contribution in [0.25, 0.3) is 0 Å². The number of hydrogen-bond acceptors (Lipinski definition) is 22. The molecule has 0 aromatic heterocycles. The van der Waals surface area contributed by atoms with Crippen molar-refractivity contribution in [1.29, 1.82) is 0 Å². The van der Waals surface area contributed by atoms with Gasteiger partial charge < -0.3 is 97.3 Å². The largest absolute Gasteiger partial charge is 0.462 e. The van der Waals surface area contributed by atoms with E-state index in [1.807, 2.05) is 20.8 Å². The van der Waals surface area contributed by atoms with Gasteiger partial charge in [-0.15, -0.1) is 0 Å². The lowest BCUT2D eigenvalue weighted by Gasteiger charge is -2.66. The van der Waals surface area contributed by atoms with Crippen molar-refractivity contribution in [3.8, 4) is 0 Å². The minimum atomic E-state index is -1.67. The summed E-state index contributed by atoms with van der Waals surface area (Å²) >= 11 is 0. The topological polar surface area (TPSA) is 296 Å². The Morgan fingerprint density at radius 2 is 1.25 bits per heavy atom. The number of carbonyl (C=O) groups excluding carboxylic acids is 2. The number of aliphatic hydroxyl groups is 7. The van der Waals surface area contributed by atoms with Crippen LogP contribution < -0.4 is 0 Å². The van der Waals surface area contributed by atoms with Gasteiger partial charge >= 0.3 is 11.9 Å². The zero-order valence-corrected chi connectivity index (χ0v) is 47.2. The third-order valence-electron chi connectivity index (χ3n) is 20.3. The van der Waals surface area contributed by atoms with E-state index in [0.29, 0.717) is 25.7 Å². The van der Waals surface area contributed by atoms with Gasteiger partial charge in [-0.3, -0.25) is 9.59 Å². The van der Waals surface area contributed by atoms with Crippen LogP contribution in [0.4, 0.5) is 0 Å². The number of aliphatic hydroxyl groups excluding tert-OH is 5. The molecule has 0 bridgehead atoms. The van der Waals surface area contributed by atoms with Crippen LogP contribution in [0.1, 0.15) is 133 Å². The highest BCUT2D eigenvalue weighted by molar-refractivity contribution is 5.72. The predicted octanol–water partition coefficient (Wildman–Crippen LogP) is 2.16. The molecule has 4 aliphatic heterocycles. The smallest absolute Gasteiger partial charge is 0.309 e. The van der Waals surface area contributed by atoms with E-state index in [-0.39, 0.29) is 48.0 Å². The summed E-state index contributed by atoms with van der Waals surface area (Å²) in [5, 5.41) is 78.1. The standard InChI is InChI=1S/C55H92O22/c1-13-25(2)49(62)71-29(6)54(63)18-19-55(64)33-15-14-31-20-32(16-17-52(31,8)34(33)21-38(53(54,55)9)72-30(7)57)73-39-22-35(65-10)45(26(3)68-39)75-40-23-36(66-11)46(27(4)69-40)76-51-44(61)48(67-12)47(28(5)70-51)77-50-43(60)42(59)41(58)37(24-56)74-50/h25-29,31-48,50-51,56,58-61,63-64H,13-24H2,1-12H3/t25?,26-,27-,28-,29?,31?,32+,33-,34+,35+,36-,37-,38-,39+,40+,41-,42+,43-,44-,45-,46-,47-,48-,50+,51+,52+,53-,54-,55+/m1/s1. The van der Waals surface area contributed by atoms with Crippen molar-refractivity contribution in [1.82, 2.24) is 0 Å². The lowest BCUT2D eigenvalue weighted by molar-refractivity contribution is -0.373. The normalized spacial score (nSPS) is 50.9. The fourth-order valence-corrected chi connectivity index (χ4v) is 15.4. The zero-order valence-electron chi connectivity index (χ0n) is 47.2. The SMILES string of the molecule is CCC(C)C(=O)OC(C)[C@]1(O)CC[C@]2(O)[C@@H]3CCC4C[C@@H](O[C@H]5C[C@H](OC)[C@H](O[C@H]6C[C@@H](OC)[C@H](O[C@@H]7O[C@H](C)[C@@H](O[C@@H]8O[C@H](CO)[C@@H](O)[C@H](O)[C@H]8O)[C@H](OC)[C@H]7O)[C@@H](C)O6)[C@@H](C)O5)CC[C@]4(C)[C@H]3C[C@@H](OC(C)=O)[C@]12C. The van der Waals surface area contributed by atoms with E-state index in [1.54, 1.807) is 41.9 Å². The van der Waals surface area contributed by atoms with Crippen molar-refractivity contribution in [2.45, 2.75) is 273 Å². The summed E-state index contributed by atoms with van der Waals surface area (Å²) in [6, 6.07) is 0. The second-order valence-electron chi connectivity index (χ2n) is 24.3. The van der Waals surface area contributed by atoms with Gasteiger partial charge in [-0.25, -0.2) is 0 Å². The van der Waals surface area contributed by atoms with E-state index >= 15 is 0 Å². The molecule has 8 aliphatic rings. The number of ether oxygens (including phenoxy) is 13. The average Bonchev–Trinajstić information content (AvgIpc) is 3.92. The summed E-state index contributed by atoms with van der Waals surface area (Å²) in [7, 11) is 4.55. The number of rotatable bonds is 17. The summed E-state index contributed by atoms with van der Waals surface area (Å²) < 4.78 is 80.2. The summed E-state index contributed by atoms with van der Waals surface area (Å²) in [6.07, 6.45) is -13.5. The van der Waals surface area contributed by atoms with Crippen molar-refractivity contribution in [3.63, 3.8) is 0 Å². The first kappa shape index (κ1) is 61.3. The first-order valence-electron chi connectivity index (χ1n) is 28.3. The van der Waals surface area contributed by atoms with Gasteiger partial charge in [0.25, 0.3) is 0 Å². The second kappa shape index (κ2) is 24.2. The maximum Gasteiger partial charge on any atom is 0.309 e. The molecule has 0 amide bonds. The molecule has 4 saturated carbocycles. The minimum Gasteiger partial charge on any atom is -0.462 e. The van der Waals surface area contributed by atoms with Gasteiger partial charge in [-0.2, -0.15) is 0 Å². The lowest BCUT2D eigenvalue weighted by Crippen LogP contribution is -2.72. The first-order valence-corrected chi connectivity index (χ1v) is 28.3. The summed E-state index contributed by atoms with van der Waals surface area (Å²) in [4.78, 5) is 25.9. The van der Waals surface area contributed by atoms with Gasteiger partial charge in [-0.1, -0.05) is 27.7 Å². The van der Waals surface area contributed by atoms with Gasteiger partial charge in [0.05, 0.1) is 60.2 Å². The molecule has 0 aromatic rings. The monoisotopic (exact) mass is 1100 g/mol. The summed E-state index contributed by atoms with van der Waals surface area (Å²) in [5.74, 6) is -1.16. The third-order valence-corrected chi connectivity index (χ3v) is 20.3. The highest BCUT2D eigenvalue weighted by Crippen LogP contribution is 2.71. The number of esters is 2. The van der Waals surface area contributed by atoms with Crippen LogP contribution in [0.15, 0.2) is 0 Å². The molecule has 0 spiro atoms. The molecule has 0 aromatic carbocycles. The number of fused-ring (bicyclic) bond motifs is 5. The molecule has 29 atom stereocenters. The third kappa shape index (κ3) is 11.2. The maximum absolute atomic E-state index is 13.1. The summed E-state index contributed by atoms with van der Waals surface area (Å²) in [6.45, 7) is 15.6. The number of hydrogen-bond donors (Lipinski definition) is 7. The Kier molecular flexibility index (Phi) is 19.3. The Morgan fingerprint density at radius 3 is 1.84 bits per heavy atom. The van der Waals surface area contributed by atoms with Crippen LogP contribution in [0.3, 0.4) is 0 Å². The van der Waals surface area contributed by atoms with Crippen molar-refractivity contribution in [2.24, 2.45) is 34.5 Å². The Morgan fingerprint density at radius 1 is 0.649 bits per heavy atom. The van der Waals surface area contributed by atoms with E-state index in [4.69, 9.17) is 61.6 Å². The second-order valence-corrected chi connectivity index (χ2v) is 24.3. The Hall–Kier alpha value is -1.78. The molecule has 8 rings (SSSR count). The zero-order chi connectivity index (χ0) is 56.3. The van der Waals surface area contributed by atoms with Gasteiger partial charge in [0, 0.05) is 41.1 Å². The highest BCUT2D eigenvalue weighted by atomic mass is 16.8. The van der Waals surface area contributed by atoms with Gasteiger partial charge in [0.15, 0.2) is 25.2 Å². The van der Waals surface area contributed by atoms with Gasteiger partial charge in [-0.05, 0) is 109 Å². The van der Waals surface area contributed by atoms with Crippen molar-refractivity contribution in [3.05, 3.63) is 0 Å². The number of carbonyl (C=O) groups is 2. The molecular formula is C55H92O22. The van der Waals surface area contributed by atoms with Crippen LogP contribution in [0.2, 0.25) is 0 Å². The first-order chi connectivity index (χ1) is 36.3. The average molecular weight is 1110 g/mol. The highest BCUT2D eigenvalue weighted by Gasteiger charge is 2.77. The quantitative estimate of drug-likeness (QED) is 0.0811. The predicted molar refractivity (Wildman–Crippen MR) is 268 cm³/mol. The van der Waals surface area contributed by atoms with Gasteiger partial charge in [0.1, 0.15) is 72.7 Å². The number of methoxy groups -OCH3 is 3. The van der Waals surface area contributed by atoms with E-state index in [2.05, 4.69) is 6.92 Å². The van der Waals surface area contributed by atoms with Crippen molar-refractivity contribution in [2.75, 3.05) is 27.9 Å². The fraction of sp³-hybridized carbons (Fsp3) is 0.964. The molecule has 22 nitrogen and oxygen atoms in total.